The largest absolute Gasteiger partial charge is 0.423 e. The van der Waals surface area contributed by atoms with Crippen molar-refractivity contribution in [3.8, 4) is 11.5 Å². The summed E-state index contributed by atoms with van der Waals surface area (Å²) in [6.07, 6.45) is 14.3. The van der Waals surface area contributed by atoms with E-state index in [-0.39, 0.29) is 17.9 Å². The fraction of sp³-hybridized carbons (Fsp3) is 0.692. The lowest BCUT2D eigenvalue weighted by Crippen LogP contribution is -2.21. The average Bonchev–Trinajstić information content (AvgIpc) is 2.74. The Hall–Kier alpha value is -1.84. The molecule has 0 saturated carbocycles. The minimum absolute atomic E-state index is 0.0982. The standard InChI is InChI=1S/C26H42O4/c1-4-7-9-11-13-18-22(17-6-3)26(28)30-24-20-16-15-19-23(24)29-25(27)21-14-12-10-8-5-2/h15-16,19-20,22H,4-14,17-18,21H2,1-3H3. The molecule has 170 valence electrons. The summed E-state index contributed by atoms with van der Waals surface area (Å²) in [6, 6.07) is 6.98. The van der Waals surface area contributed by atoms with E-state index in [2.05, 4.69) is 20.8 Å². The zero-order valence-corrected chi connectivity index (χ0v) is 19.4. The average molecular weight is 419 g/mol. The number of para-hydroxylation sites is 2. The van der Waals surface area contributed by atoms with Gasteiger partial charge in [-0.05, 0) is 31.4 Å². The summed E-state index contributed by atoms with van der Waals surface area (Å²) in [5.74, 6) is 0.0990. The van der Waals surface area contributed by atoms with Gasteiger partial charge in [0.1, 0.15) is 0 Å². The van der Waals surface area contributed by atoms with Crippen LogP contribution in [0.4, 0.5) is 0 Å². The predicted molar refractivity (Wildman–Crippen MR) is 123 cm³/mol. The van der Waals surface area contributed by atoms with Crippen LogP contribution in [0.15, 0.2) is 24.3 Å². The molecule has 0 radical (unpaired) electrons. The van der Waals surface area contributed by atoms with E-state index in [1.54, 1.807) is 24.3 Å². The molecule has 0 aliphatic rings. The van der Waals surface area contributed by atoms with Gasteiger partial charge in [0.25, 0.3) is 0 Å². The normalized spacial score (nSPS) is 11.8. The third-order valence-corrected chi connectivity index (χ3v) is 5.39. The number of esters is 2. The van der Waals surface area contributed by atoms with E-state index < -0.39 is 0 Å². The Balaban J connectivity index is 2.57. The summed E-state index contributed by atoms with van der Waals surface area (Å²) in [5, 5.41) is 0. The molecule has 4 nitrogen and oxygen atoms in total. The topological polar surface area (TPSA) is 52.6 Å². The summed E-state index contributed by atoms with van der Waals surface area (Å²) in [5.41, 5.74) is 0. The van der Waals surface area contributed by atoms with Crippen LogP contribution in [-0.2, 0) is 9.59 Å². The first-order valence-electron chi connectivity index (χ1n) is 12.1. The summed E-state index contributed by atoms with van der Waals surface area (Å²) < 4.78 is 11.2. The second kappa shape index (κ2) is 16.9. The zero-order chi connectivity index (χ0) is 22.0. The maximum Gasteiger partial charge on any atom is 0.314 e. The molecule has 1 aromatic rings. The van der Waals surface area contributed by atoms with Crippen LogP contribution in [0.25, 0.3) is 0 Å². The van der Waals surface area contributed by atoms with E-state index in [0.717, 1.165) is 51.4 Å². The molecule has 0 fully saturated rings. The van der Waals surface area contributed by atoms with E-state index in [1.165, 1.54) is 32.1 Å². The zero-order valence-electron chi connectivity index (χ0n) is 19.4. The fourth-order valence-corrected chi connectivity index (χ4v) is 3.58. The maximum atomic E-state index is 12.8. The van der Waals surface area contributed by atoms with Crippen molar-refractivity contribution in [1.29, 1.82) is 0 Å². The van der Waals surface area contributed by atoms with Crippen molar-refractivity contribution in [3.05, 3.63) is 24.3 Å². The van der Waals surface area contributed by atoms with Crippen molar-refractivity contribution < 1.29 is 19.1 Å². The molecule has 0 bridgehead atoms. The van der Waals surface area contributed by atoms with Crippen LogP contribution in [0.3, 0.4) is 0 Å². The predicted octanol–water partition coefficient (Wildman–Crippen LogP) is 7.63. The van der Waals surface area contributed by atoms with Crippen molar-refractivity contribution in [3.63, 3.8) is 0 Å². The molecule has 1 aromatic carbocycles. The first-order valence-corrected chi connectivity index (χ1v) is 12.1. The van der Waals surface area contributed by atoms with Crippen molar-refractivity contribution in [2.75, 3.05) is 0 Å². The first kappa shape index (κ1) is 26.2. The van der Waals surface area contributed by atoms with Crippen LogP contribution in [0.5, 0.6) is 11.5 Å². The number of carbonyl (C=O) groups excluding carboxylic acids is 2. The Labute approximate surface area is 183 Å². The number of hydrogen-bond donors (Lipinski definition) is 0. The van der Waals surface area contributed by atoms with Gasteiger partial charge in [-0.3, -0.25) is 9.59 Å². The Morgan fingerprint density at radius 2 is 1.27 bits per heavy atom. The molecule has 1 unspecified atom stereocenters. The Bertz CT molecular complexity index is 596. The van der Waals surface area contributed by atoms with E-state index in [4.69, 9.17) is 9.47 Å². The number of hydrogen-bond acceptors (Lipinski definition) is 4. The smallest absolute Gasteiger partial charge is 0.314 e. The molecular weight excluding hydrogens is 376 g/mol. The van der Waals surface area contributed by atoms with Gasteiger partial charge in [0.15, 0.2) is 11.5 Å². The van der Waals surface area contributed by atoms with Gasteiger partial charge in [-0.15, -0.1) is 0 Å². The highest BCUT2D eigenvalue weighted by Gasteiger charge is 2.21. The number of unbranched alkanes of at least 4 members (excludes halogenated alkanes) is 8. The highest BCUT2D eigenvalue weighted by molar-refractivity contribution is 5.77. The molecule has 1 rings (SSSR count). The molecule has 0 aromatic heterocycles. The molecule has 4 heteroatoms. The number of rotatable bonds is 17. The third-order valence-electron chi connectivity index (χ3n) is 5.39. The fourth-order valence-electron chi connectivity index (χ4n) is 3.58. The third kappa shape index (κ3) is 11.4. The highest BCUT2D eigenvalue weighted by atomic mass is 16.6. The Kier molecular flexibility index (Phi) is 14.8. The van der Waals surface area contributed by atoms with E-state index in [9.17, 15) is 9.59 Å². The van der Waals surface area contributed by atoms with Crippen molar-refractivity contribution in [2.24, 2.45) is 5.92 Å². The van der Waals surface area contributed by atoms with Crippen LogP contribution < -0.4 is 9.47 Å². The molecular formula is C26H42O4. The lowest BCUT2D eigenvalue weighted by atomic mass is 9.96. The van der Waals surface area contributed by atoms with E-state index >= 15 is 0 Å². The Morgan fingerprint density at radius 1 is 0.700 bits per heavy atom. The van der Waals surface area contributed by atoms with Crippen LogP contribution in [0.1, 0.15) is 111 Å². The van der Waals surface area contributed by atoms with Gasteiger partial charge in [-0.1, -0.05) is 97.1 Å². The second-order valence-electron chi connectivity index (χ2n) is 8.19. The van der Waals surface area contributed by atoms with Gasteiger partial charge >= 0.3 is 11.9 Å². The molecule has 30 heavy (non-hydrogen) atoms. The van der Waals surface area contributed by atoms with Gasteiger partial charge in [-0.2, -0.15) is 0 Å². The second-order valence-corrected chi connectivity index (χ2v) is 8.19. The highest BCUT2D eigenvalue weighted by Crippen LogP contribution is 2.29. The quantitative estimate of drug-likeness (QED) is 0.148. The van der Waals surface area contributed by atoms with Gasteiger partial charge < -0.3 is 9.47 Å². The SMILES string of the molecule is CCCCCCCC(=O)Oc1ccccc1OC(=O)C(CCC)CCCCCCC. The number of ether oxygens (including phenoxy) is 2. The molecule has 0 spiro atoms. The van der Waals surface area contributed by atoms with E-state index in [1.807, 2.05) is 0 Å². The summed E-state index contributed by atoms with van der Waals surface area (Å²) in [4.78, 5) is 25.0. The molecule has 1 atom stereocenters. The van der Waals surface area contributed by atoms with Crippen LogP contribution in [-0.4, -0.2) is 11.9 Å². The molecule has 0 saturated heterocycles. The molecule has 0 amide bonds. The minimum atomic E-state index is -0.268. The van der Waals surface area contributed by atoms with Gasteiger partial charge in [0, 0.05) is 6.42 Å². The maximum absolute atomic E-state index is 12.8. The lowest BCUT2D eigenvalue weighted by Gasteiger charge is -2.16. The van der Waals surface area contributed by atoms with Gasteiger partial charge in [0.2, 0.25) is 0 Å². The summed E-state index contributed by atoms with van der Waals surface area (Å²) in [7, 11) is 0. The molecule has 0 aliphatic carbocycles. The van der Waals surface area contributed by atoms with Crippen LogP contribution in [0, 0.1) is 5.92 Å². The monoisotopic (exact) mass is 418 g/mol. The van der Waals surface area contributed by atoms with Gasteiger partial charge in [-0.25, -0.2) is 0 Å². The van der Waals surface area contributed by atoms with Crippen LogP contribution in [0.2, 0.25) is 0 Å². The minimum Gasteiger partial charge on any atom is -0.423 e. The van der Waals surface area contributed by atoms with Crippen molar-refractivity contribution >= 4 is 11.9 Å². The van der Waals surface area contributed by atoms with Crippen molar-refractivity contribution in [2.45, 2.75) is 111 Å². The summed E-state index contributed by atoms with van der Waals surface area (Å²) >= 11 is 0. The lowest BCUT2D eigenvalue weighted by molar-refractivity contribution is -0.140. The number of benzene rings is 1. The van der Waals surface area contributed by atoms with Gasteiger partial charge in [0.05, 0.1) is 5.92 Å². The first-order chi connectivity index (χ1) is 14.6. The molecule has 0 aliphatic heterocycles. The molecule has 0 N–H and O–H groups in total. The van der Waals surface area contributed by atoms with E-state index in [0.29, 0.717) is 17.9 Å². The number of carbonyl (C=O) groups is 2. The van der Waals surface area contributed by atoms with Crippen LogP contribution >= 0.6 is 0 Å². The Morgan fingerprint density at radius 3 is 1.87 bits per heavy atom. The van der Waals surface area contributed by atoms with Crippen molar-refractivity contribution in [1.82, 2.24) is 0 Å². The molecule has 0 heterocycles. The summed E-state index contributed by atoms with van der Waals surface area (Å²) in [6.45, 7) is 6.46.